The van der Waals surface area contributed by atoms with Crippen molar-refractivity contribution in [2.75, 3.05) is 25.5 Å². The molecule has 9 heteroatoms. The molecule has 2 amide bonds. The largest absolute Gasteiger partial charge is 0.312 e. The van der Waals surface area contributed by atoms with Gasteiger partial charge in [0.25, 0.3) is 0 Å². The Morgan fingerprint density at radius 3 is 2.41 bits per heavy atom. The number of sulfonamides is 1. The van der Waals surface area contributed by atoms with Gasteiger partial charge in [-0.15, -0.1) is 0 Å². The van der Waals surface area contributed by atoms with Gasteiger partial charge in [-0.2, -0.15) is 0 Å². The van der Waals surface area contributed by atoms with Crippen LogP contribution in [0.15, 0.2) is 29.2 Å². The van der Waals surface area contributed by atoms with Crippen LogP contribution in [0.25, 0.3) is 0 Å². The molecule has 22 heavy (non-hydrogen) atoms. The van der Waals surface area contributed by atoms with Crippen molar-refractivity contribution < 1.29 is 18.0 Å². The van der Waals surface area contributed by atoms with Gasteiger partial charge in [0.2, 0.25) is 21.8 Å². The number of nitrogens with two attached hydrogens (primary N) is 1. The first-order chi connectivity index (χ1) is 10.3. The number of benzene rings is 1. The van der Waals surface area contributed by atoms with Crippen LogP contribution >= 0.6 is 0 Å². The molecule has 1 atom stereocenters. The lowest BCUT2D eigenvalue weighted by molar-refractivity contribution is -0.126. The van der Waals surface area contributed by atoms with Crippen molar-refractivity contribution in [3.8, 4) is 0 Å². The number of nitrogens with zero attached hydrogens (tertiary/aromatic N) is 2. The minimum atomic E-state index is -3.51. The highest BCUT2D eigenvalue weighted by Gasteiger charge is 2.34. The summed E-state index contributed by atoms with van der Waals surface area (Å²) in [6, 6.07) is 5.98. The van der Waals surface area contributed by atoms with Crippen LogP contribution in [0, 0.1) is 5.92 Å². The van der Waals surface area contributed by atoms with Gasteiger partial charge in [0, 0.05) is 32.7 Å². The number of carbonyl (C=O) groups excluding carboxylic acids is 2. The number of hydrazine groups is 1. The molecule has 1 saturated heterocycles. The number of hydrogen-bond acceptors (Lipinski definition) is 5. The molecule has 0 spiro atoms. The average Bonchev–Trinajstić information content (AvgIpc) is 2.88. The maximum Gasteiger partial charge on any atom is 0.242 e. The normalized spacial score (nSPS) is 18.8. The number of amides is 2. The summed E-state index contributed by atoms with van der Waals surface area (Å²) >= 11 is 0. The lowest BCUT2D eigenvalue weighted by Gasteiger charge is -2.17. The zero-order valence-electron chi connectivity index (χ0n) is 12.3. The molecular formula is C13H18N4O4S. The summed E-state index contributed by atoms with van der Waals surface area (Å²) in [4.78, 5) is 25.1. The molecule has 0 bridgehead atoms. The second-order valence-electron chi connectivity index (χ2n) is 5.20. The fraction of sp³-hybridized carbons (Fsp3) is 0.385. The van der Waals surface area contributed by atoms with E-state index >= 15 is 0 Å². The van der Waals surface area contributed by atoms with Crippen molar-refractivity contribution in [2.45, 2.75) is 11.3 Å². The zero-order chi connectivity index (χ0) is 16.5. The van der Waals surface area contributed by atoms with E-state index in [1.807, 2.05) is 5.43 Å². The van der Waals surface area contributed by atoms with E-state index in [1.54, 1.807) is 12.1 Å². The first kappa shape index (κ1) is 16.4. The summed E-state index contributed by atoms with van der Waals surface area (Å²) in [7, 11) is -0.614. The van der Waals surface area contributed by atoms with Crippen LogP contribution in [0.2, 0.25) is 0 Å². The second kappa shape index (κ2) is 6.03. The topological polar surface area (TPSA) is 113 Å². The molecule has 1 aromatic rings. The van der Waals surface area contributed by atoms with E-state index in [-0.39, 0.29) is 29.7 Å². The molecule has 1 heterocycles. The first-order valence-electron chi connectivity index (χ1n) is 6.60. The molecule has 1 fully saturated rings. The fourth-order valence-corrected chi connectivity index (χ4v) is 3.16. The summed E-state index contributed by atoms with van der Waals surface area (Å²) in [6.45, 7) is 0.224. The van der Waals surface area contributed by atoms with Gasteiger partial charge in [0.1, 0.15) is 0 Å². The van der Waals surface area contributed by atoms with Crippen molar-refractivity contribution >= 4 is 27.5 Å². The van der Waals surface area contributed by atoms with Crippen molar-refractivity contribution in [2.24, 2.45) is 11.8 Å². The molecule has 120 valence electrons. The molecule has 0 radical (unpaired) electrons. The van der Waals surface area contributed by atoms with E-state index in [2.05, 4.69) is 0 Å². The van der Waals surface area contributed by atoms with Gasteiger partial charge >= 0.3 is 0 Å². The van der Waals surface area contributed by atoms with Crippen LogP contribution in [-0.4, -0.2) is 45.2 Å². The number of anilines is 1. The lowest BCUT2D eigenvalue weighted by Crippen LogP contribution is -2.37. The standard InChI is InChI=1S/C13H18N4O4S/c1-16(2)22(20,21)11-5-3-10(4-6-11)17-8-9(7-12(17)18)13(19)15-14/h3-6,9H,7-8,14H2,1-2H3,(H,15,19). The van der Waals surface area contributed by atoms with E-state index in [0.29, 0.717) is 5.69 Å². The maximum absolute atomic E-state index is 12.0. The monoisotopic (exact) mass is 326 g/mol. The Morgan fingerprint density at radius 2 is 1.91 bits per heavy atom. The Kier molecular flexibility index (Phi) is 4.50. The zero-order valence-corrected chi connectivity index (χ0v) is 13.1. The Hall–Kier alpha value is -1.97. The molecule has 1 aromatic carbocycles. The predicted octanol–water partition coefficient (Wildman–Crippen LogP) is -0.720. The van der Waals surface area contributed by atoms with Crippen LogP contribution in [0.5, 0.6) is 0 Å². The molecule has 1 aliphatic heterocycles. The smallest absolute Gasteiger partial charge is 0.242 e. The molecule has 1 aliphatic rings. The summed E-state index contributed by atoms with van der Waals surface area (Å²) in [6.07, 6.45) is 0.0841. The fourth-order valence-electron chi connectivity index (χ4n) is 2.26. The van der Waals surface area contributed by atoms with Gasteiger partial charge in [-0.25, -0.2) is 18.6 Å². The Balaban J connectivity index is 2.22. The Bertz CT molecular complexity index is 684. The summed E-state index contributed by atoms with van der Waals surface area (Å²) in [5.41, 5.74) is 2.59. The molecular weight excluding hydrogens is 308 g/mol. The van der Waals surface area contributed by atoms with Crippen LogP contribution in [0.1, 0.15) is 6.42 Å². The Morgan fingerprint density at radius 1 is 1.32 bits per heavy atom. The van der Waals surface area contributed by atoms with E-state index < -0.39 is 15.9 Å². The molecule has 0 aromatic heterocycles. The number of rotatable bonds is 4. The number of nitrogens with one attached hydrogen (secondary N) is 1. The van der Waals surface area contributed by atoms with Crippen LogP contribution < -0.4 is 16.2 Å². The summed E-state index contributed by atoms with van der Waals surface area (Å²) < 4.78 is 25.1. The third-order valence-corrected chi connectivity index (χ3v) is 5.39. The molecule has 8 nitrogen and oxygen atoms in total. The highest BCUT2D eigenvalue weighted by molar-refractivity contribution is 7.89. The number of hydrogen-bond donors (Lipinski definition) is 2. The minimum absolute atomic E-state index is 0.0841. The van der Waals surface area contributed by atoms with Gasteiger partial charge in [-0.05, 0) is 24.3 Å². The van der Waals surface area contributed by atoms with Gasteiger partial charge in [-0.1, -0.05) is 0 Å². The van der Waals surface area contributed by atoms with E-state index in [0.717, 1.165) is 4.31 Å². The first-order valence-corrected chi connectivity index (χ1v) is 8.04. The second-order valence-corrected chi connectivity index (χ2v) is 7.35. The number of carbonyl (C=O) groups is 2. The minimum Gasteiger partial charge on any atom is -0.312 e. The molecule has 2 rings (SSSR count). The highest BCUT2D eigenvalue weighted by Crippen LogP contribution is 2.26. The van der Waals surface area contributed by atoms with Crippen molar-refractivity contribution in [1.82, 2.24) is 9.73 Å². The maximum atomic E-state index is 12.0. The van der Waals surface area contributed by atoms with Gasteiger partial charge in [0.05, 0.1) is 10.8 Å². The molecule has 0 aliphatic carbocycles. The molecule has 1 unspecified atom stereocenters. The van der Waals surface area contributed by atoms with Crippen LogP contribution in [0.4, 0.5) is 5.69 Å². The predicted molar refractivity (Wildman–Crippen MR) is 80.1 cm³/mol. The van der Waals surface area contributed by atoms with Crippen LogP contribution in [0.3, 0.4) is 0 Å². The Labute approximate surface area is 128 Å². The van der Waals surface area contributed by atoms with Crippen molar-refractivity contribution in [3.05, 3.63) is 24.3 Å². The van der Waals surface area contributed by atoms with Crippen molar-refractivity contribution in [3.63, 3.8) is 0 Å². The third-order valence-electron chi connectivity index (χ3n) is 3.57. The van der Waals surface area contributed by atoms with Crippen molar-refractivity contribution in [1.29, 1.82) is 0 Å². The molecule has 3 N–H and O–H groups in total. The molecule has 0 saturated carbocycles. The summed E-state index contributed by atoms with van der Waals surface area (Å²) in [5, 5.41) is 0. The van der Waals surface area contributed by atoms with E-state index in [4.69, 9.17) is 5.84 Å². The highest BCUT2D eigenvalue weighted by atomic mass is 32.2. The van der Waals surface area contributed by atoms with Gasteiger partial charge < -0.3 is 4.90 Å². The summed E-state index contributed by atoms with van der Waals surface area (Å²) in [5.74, 6) is 4.00. The van der Waals surface area contributed by atoms with E-state index in [9.17, 15) is 18.0 Å². The third kappa shape index (κ3) is 2.96. The van der Waals surface area contributed by atoms with Gasteiger partial charge in [-0.3, -0.25) is 15.0 Å². The lowest BCUT2D eigenvalue weighted by atomic mass is 10.1. The SMILES string of the molecule is CN(C)S(=O)(=O)c1ccc(N2CC(C(=O)NN)CC2=O)cc1. The van der Waals surface area contributed by atoms with E-state index in [1.165, 1.54) is 31.1 Å². The van der Waals surface area contributed by atoms with Crippen LogP contribution in [-0.2, 0) is 19.6 Å². The quantitative estimate of drug-likeness (QED) is 0.431. The van der Waals surface area contributed by atoms with Gasteiger partial charge in [0.15, 0.2) is 0 Å². The average molecular weight is 326 g/mol.